The first-order valence-corrected chi connectivity index (χ1v) is 6.85. The molecule has 2 rings (SSSR count). The van der Waals surface area contributed by atoms with Gasteiger partial charge >= 0.3 is 6.61 Å². The molecule has 1 N–H and O–H groups in total. The van der Waals surface area contributed by atoms with E-state index in [1.807, 2.05) is 31.0 Å². The summed E-state index contributed by atoms with van der Waals surface area (Å²) in [6, 6.07) is 6.80. The number of hydrogen-bond acceptors (Lipinski definition) is 3. The molecule has 114 valence electrons. The number of rotatable bonds is 7. The molecule has 0 amide bonds. The second-order valence-electron chi connectivity index (χ2n) is 4.70. The molecule has 1 atom stereocenters. The topological polar surface area (TPSA) is 39.1 Å². The van der Waals surface area contributed by atoms with E-state index in [0.717, 1.165) is 24.1 Å². The third kappa shape index (κ3) is 4.26. The van der Waals surface area contributed by atoms with E-state index in [1.165, 1.54) is 0 Å². The van der Waals surface area contributed by atoms with Crippen LogP contribution in [0.4, 0.5) is 8.78 Å². The van der Waals surface area contributed by atoms with Gasteiger partial charge in [-0.2, -0.15) is 13.9 Å². The molecule has 0 bridgehead atoms. The number of aryl methyl sites for hydroxylation is 1. The zero-order valence-corrected chi connectivity index (χ0v) is 12.1. The molecular formula is C15H19F2N3O. The minimum absolute atomic E-state index is 0.0973. The number of nitrogens with zero attached hydrogens (tertiary/aromatic N) is 2. The number of hydrogen-bond donors (Lipinski definition) is 1. The fourth-order valence-corrected chi connectivity index (χ4v) is 2.19. The zero-order chi connectivity index (χ0) is 15.2. The van der Waals surface area contributed by atoms with E-state index in [-0.39, 0.29) is 11.8 Å². The smallest absolute Gasteiger partial charge is 0.387 e. The molecule has 1 aromatic heterocycles. The Kier molecular flexibility index (Phi) is 5.27. The van der Waals surface area contributed by atoms with Gasteiger partial charge in [-0.1, -0.05) is 12.1 Å². The summed E-state index contributed by atoms with van der Waals surface area (Å²) in [5.74, 6) is 0.169. The van der Waals surface area contributed by atoms with Crippen molar-refractivity contribution in [1.29, 1.82) is 0 Å². The van der Waals surface area contributed by atoms with Crippen LogP contribution in [0.15, 0.2) is 36.7 Å². The molecule has 21 heavy (non-hydrogen) atoms. The van der Waals surface area contributed by atoms with Gasteiger partial charge in [0.05, 0.1) is 6.20 Å². The Morgan fingerprint density at radius 1 is 1.29 bits per heavy atom. The van der Waals surface area contributed by atoms with Crippen molar-refractivity contribution in [3.8, 4) is 5.75 Å². The van der Waals surface area contributed by atoms with Crippen LogP contribution in [-0.4, -0.2) is 23.4 Å². The van der Waals surface area contributed by atoms with Crippen LogP contribution in [0, 0.1) is 0 Å². The summed E-state index contributed by atoms with van der Waals surface area (Å²) < 4.78 is 30.5. The second-order valence-corrected chi connectivity index (χ2v) is 4.70. The average Bonchev–Trinajstić information content (AvgIpc) is 2.93. The van der Waals surface area contributed by atoms with Gasteiger partial charge in [-0.25, -0.2) is 0 Å². The highest BCUT2D eigenvalue weighted by atomic mass is 19.3. The summed E-state index contributed by atoms with van der Waals surface area (Å²) in [6.45, 7) is 0.0774. The van der Waals surface area contributed by atoms with E-state index < -0.39 is 6.61 Å². The van der Waals surface area contributed by atoms with Crippen molar-refractivity contribution in [2.24, 2.45) is 0 Å². The number of alkyl halides is 2. The SMILES string of the molecule is CCn1cc(CC(NC)c2ccc(OC(F)F)cc2)cn1. The molecule has 1 unspecified atom stereocenters. The largest absolute Gasteiger partial charge is 0.435 e. The lowest BCUT2D eigenvalue weighted by molar-refractivity contribution is -0.0498. The lowest BCUT2D eigenvalue weighted by Crippen LogP contribution is -2.18. The van der Waals surface area contributed by atoms with Crippen molar-refractivity contribution < 1.29 is 13.5 Å². The maximum absolute atomic E-state index is 12.1. The molecule has 0 aliphatic rings. The summed E-state index contributed by atoms with van der Waals surface area (Å²) in [4.78, 5) is 0. The van der Waals surface area contributed by atoms with Crippen LogP contribution < -0.4 is 10.1 Å². The van der Waals surface area contributed by atoms with Crippen LogP contribution in [0.3, 0.4) is 0 Å². The quantitative estimate of drug-likeness (QED) is 0.853. The summed E-state index contributed by atoms with van der Waals surface area (Å²) in [5.41, 5.74) is 2.15. The maximum atomic E-state index is 12.1. The Balaban J connectivity index is 2.06. The predicted octanol–water partition coefficient (Wildman–Crippen LogP) is 3.01. The van der Waals surface area contributed by atoms with Crippen molar-refractivity contribution in [3.63, 3.8) is 0 Å². The van der Waals surface area contributed by atoms with E-state index in [0.29, 0.717) is 0 Å². The normalized spacial score (nSPS) is 12.6. The van der Waals surface area contributed by atoms with Crippen molar-refractivity contribution >= 4 is 0 Å². The fraction of sp³-hybridized carbons (Fsp3) is 0.400. The van der Waals surface area contributed by atoms with Gasteiger partial charge in [0.1, 0.15) is 5.75 Å². The molecule has 0 fully saturated rings. The Labute approximate surface area is 122 Å². The van der Waals surface area contributed by atoms with Gasteiger partial charge in [0.25, 0.3) is 0 Å². The Morgan fingerprint density at radius 2 is 2.00 bits per heavy atom. The predicted molar refractivity (Wildman–Crippen MR) is 76.5 cm³/mol. The average molecular weight is 295 g/mol. The van der Waals surface area contributed by atoms with Crippen LogP contribution in [0.2, 0.25) is 0 Å². The molecular weight excluding hydrogens is 276 g/mol. The molecule has 4 nitrogen and oxygen atoms in total. The first-order valence-electron chi connectivity index (χ1n) is 6.85. The summed E-state index contributed by atoms with van der Waals surface area (Å²) in [6.07, 6.45) is 4.65. The molecule has 0 saturated carbocycles. The molecule has 2 aromatic rings. The standard InChI is InChI=1S/C15H19F2N3O/c1-3-20-10-11(9-19-20)8-14(18-2)12-4-6-13(7-5-12)21-15(16)17/h4-7,9-10,14-15,18H,3,8H2,1-2H3. The van der Waals surface area contributed by atoms with Crippen LogP contribution in [0.5, 0.6) is 5.75 Å². The van der Waals surface area contributed by atoms with Crippen LogP contribution in [-0.2, 0) is 13.0 Å². The third-order valence-electron chi connectivity index (χ3n) is 3.31. The van der Waals surface area contributed by atoms with E-state index in [1.54, 1.807) is 24.3 Å². The lowest BCUT2D eigenvalue weighted by atomic mass is 10.0. The highest BCUT2D eigenvalue weighted by molar-refractivity contribution is 5.30. The summed E-state index contributed by atoms with van der Waals surface area (Å²) >= 11 is 0. The van der Waals surface area contributed by atoms with E-state index >= 15 is 0 Å². The van der Waals surface area contributed by atoms with Crippen LogP contribution >= 0.6 is 0 Å². The van der Waals surface area contributed by atoms with Crippen molar-refractivity contribution in [2.75, 3.05) is 7.05 Å². The van der Waals surface area contributed by atoms with Crippen molar-refractivity contribution in [1.82, 2.24) is 15.1 Å². The number of likely N-dealkylation sites (N-methyl/N-ethyl adjacent to an activating group) is 1. The monoisotopic (exact) mass is 295 g/mol. The lowest BCUT2D eigenvalue weighted by Gasteiger charge is -2.16. The van der Waals surface area contributed by atoms with Gasteiger partial charge in [-0.05, 0) is 43.7 Å². The van der Waals surface area contributed by atoms with Gasteiger partial charge in [0, 0.05) is 18.8 Å². The number of nitrogens with one attached hydrogen (secondary N) is 1. The molecule has 0 radical (unpaired) electrons. The molecule has 1 aromatic carbocycles. The van der Waals surface area contributed by atoms with Gasteiger partial charge in [0.15, 0.2) is 0 Å². The summed E-state index contributed by atoms with van der Waals surface area (Å²) in [7, 11) is 1.87. The first-order chi connectivity index (χ1) is 10.1. The number of ether oxygens (including phenoxy) is 1. The zero-order valence-electron chi connectivity index (χ0n) is 12.1. The van der Waals surface area contributed by atoms with E-state index in [2.05, 4.69) is 15.2 Å². The molecule has 1 heterocycles. The highest BCUT2D eigenvalue weighted by Gasteiger charge is 2.12. The van der Waals surface area contributed by atoms with Crippen molar-refractivity contribution in [3.05, 3.63) is 47.8 Å². The third-order valence-corrected chi connectivity index (χ3v) is 3.31. The molecule has 0 aliphatic carbocycles. The number of benzene rings is 1. The number of aromatic nitrogens is 2. The van der Waals surface area contributed by atoms with E-state index in [4.69, 9.17) is 0 Å². The van der Waals surface area contributed by atoms with E-state index in [9.17, 15) is 8.78 Å². The first kappa shape index (κ1) is 15.4. The minimum atomic E-state index is -2.80. The Bertz CT molecular complexity index is 554. The Hall–Kier alpha value is -1.95. The van der Waals surface area contributed by atoms with Gasteiger partial charge in [-0.3, -0.25) is 4.68 Å². The van der Waals surface area contributed by atoms with Crippen LogP contribution in [0.25, 0.3) is 0 Å². The second kappa shape index (κ2) is 7.17. The van der Waals surface area contributed by atoms with Crippen molar-refractivity contribution in [2.45, 2.75) is 32.5 Å². The van der Waals surface area contributed by atoms with Gasteiger partial charge in [-0.15, -0.1) is 0 Å². The molecule has 0 saturated heterocycles. The fourth-order valence-electron chi connectivity index (χ4n) is 2.19. The minimum Gasteiger partial charge on any atom is -0.435 e. The summed E-state index contributed by atoms with van der Waals surface area (Å²) in [5, 5.41) is 7.48. The molecule has 0 aliphatic heterocycles. The van der Waals surface area contributed by atoms with Gasteiger partial charge < -0.3 is 10.1 Å². The highest BCUT2D eigenvalue weighted by Crippen LogP contribution is 2.22. The van der Waals surface area contributed by atoms with Gasteiger partial charge in [0.2, 0.25) is 0 Å². The molecule has 6 heteroatoms. The molecule has 0 spiro atoms. The number of halogens is 2. The van der Waals surface area contributed by atoms with Crippen LogP contribution in [0.1, 0.15) is 24.1 Å². The Morgan fingerprint density at radius 3 is 2.52 bits per heavy atom. The maximum Gasteiger partial charge on any atom is 0.387 e.